The second-order valence-corrected chi connectivity index (χ2v) is 4.20. The highest BCUT2D eigenvalue weighted by Crippen LogP contribution is 2.35. The van der Waals surface area contributed by atoms with Crippen LogP contribution >= 0.6 is 0 Å². The lowest BCUT2D eigenvalue weighted by Gasteiger charge is -2.21. The maximum Gasteiger partial charge on any atom is 0.307 e. The van der Waals surface area contributed by atoms with Crippen LogP contribution in [0.3, 0.4) is 0 Å². The van der Waals surface area contributed by atoms with Gasteiger partial charge in [0.2, 0.25) is 0 Å². The number of benzene rings is 1. The summed E-state index contributed by atoms with van der Waals surface area (Å²) in [6.07, 6.45) is 0.255. The Kier molecular flexibility index (Phi) is 6.87. The number of hydrogen-bond acceptors (Lipinski definition) is 5. The minimum atomic E-state index is -0.233. The van der Waals surface area contributed by atoms with Crippen molar-refractivity contribution >= 4 is 5.97 Å². The topological polar surface area (TPSA) is 56.8 Å². The van der Waals surface area contributed by atoms with Crippen molar-refractivity contribution in [1.82, 2.24) is 5.32 Å². The highest BCUT2D eigenvalue weighted by atomic mass is 16.5. The van der Waals surface area contributed by atoms with Crippen LogP contribution in [0.25, 0.3) is 0 Å². The zero-order valence-electron chi connectivity index (χ0n) is 12.6. The molecule has 0 aliphatic heterocycles. The van der Waals surface area contributed by atoms with Gasteiger partial charge < -0.3 is 19.5 Å². The van der Waals surface area contributed by atoms with Crippen LogP contribution in [-0.2, 0) is 9.53 Å². The Morgan fingerprint density at radius 2 is 2.00 bits per heavy atom. The number of esters is 1. The summed E-state index contributed by atoms with van der Waals surface area (Å²) < 4.78 is 15.7. The van der Waals surface area contributed by atoms with Gasteiger partial charge >= 0.3 is 5.97 Å². The lowest BCUT2D eigenvalue weighted by molar-refractivity contribution is -0.143. The van der Waals surface area contributed by atoms with Crippen LogP contribution in [-0.4, -0.2) is 33.3 Å². The zero-order chi connectivity index (χ0) is 15.0. The Bertz CT molecular complexity index is 434. The first-order valence-electron chi connectivity index (χ1n) is 6.77. The van der Waals surface area contributed by atoms with Crippen molar-refractivity contribution < 1.29 is 19.0 Å². The van der Waals surface area contributed by atoms with Crippen LogP contribution in [0.4, 0.5) is 0 Å². The predicted octanol–water partition coefficient (Wildman–Crippen LogP) is 2.31. The molecule has 1 aromatic rings. The Labute approximate surface area is 120 Å². The summed E-state index contributed by atoms with van der Waals surface area (Å²) in [4.78, 5) is 11.7. The molecule has 0 saturated carbocycles. The molecule has 0 amide bonds. The second-order valence-electron chi connectivity index (χ2n) is 4.20. The maximum absolute atomic E-state index is 11.7. The van der Waals surface area contributed by atoms with Crippen molar-refractivity contribution in [2.45, 2.75) is 26.3 Å². The van der Waals surface area contributed by atoms with Gasteiger partial charge in [0.05, 0.1) is 27.2 Å². The molecule has 5 nitrogen and oxygen atoms in total. The standard InChI is InChI=1S/C15H23NO4/c1-5-16-12(10-14(17)20-6-2)11-8-7-9-13(18-3)15(11)19-4/h7-9,12,16H,5-6,10H2,1-4H3. The molecule has 112 valence electrons. The van der Waals surface area contributed by atoms with E-state index in [0.717, 1.165) is 12.1 Å². The largest absolute Gasteiger partial charge is 0.493 e. The molecule has 1 aromatic carbocycles. The van der Waals surface area contributed by atoms with Gasteiger partial charge in [-0.3, -0.25) is 4.79 Å². The summed E-state index contributed by atoms with van der Waals surface area (Å²) in [6, 6.07) is 5.47. The number of rotatable bonds is 8. The molecule has 1 N–H and O–H groups in total. The molecule has 1 unspecified atom stereocenters. The smallest absolute Gasteiger partial charge is 0.307 e. The lowest BCUT2D eigenvalue weighted by atomic mass is 10.0. The Balaban J connectivity index is 3.04. The molecule has 0 bridgehead atoms. The van der Waals surface area contributed by atoms with Gasteiger partial charge in [0.1, 0.15) is 0 Å². The number of carbonyl (C=O) groups excluding carboxylic acids is 1. The van der Waals surface area contributed by atoms with Gasteiger partial charge in [0.15, 0.2) is 11.5 Å². The molecule has 0 aromatic heterocycles. The van der Waals surface area contributed by atoms with Gasteiger partial charge in [0, 0.05) is 11.6 Å². The van der Waals surface area contributed by atoms with E-state index in [1.165, 1.54) is 0 Å². The second kappa shape index (κ2) is 8.43. The van der Waals surface area contributed by atoms with E-state index in [0.29, 0.717) is 18.1 Å². The van der Waals surface area contributed by atoms with E-state index in [-0.39, 0.29) is 18.4 Å². The molecule has 0 saturated heterocycles. The summed E-state index contributed by atoms with van der Waals surface area (Å²) in [5.74, 6) is 1.06. The molecular weight excluding hydrogens is 258 g/mol. The minimum Gasteiger partial charge on any atom is -0.493 e. The van der Waals surface area contributed by atoms with E-state index in [4.69, 9.17) is 14.2 Å². The van der Waals surface area contributed by atoms with E-state index in [2.05, 4.69) is 5.32 Å². The molecule has 0 radical (unpaired) electrons. The van der Waals surface area contributed by atoms with Crippen LogP contribution in [0, 0.1) is 0 Å². The monoisotopic (exact) mass is 281 g/mol. The number of ether oxygens (including phenoxy) is 3. The predicted molar refractivity (Wildman–Crippen MR) is 77.2 cm³/mol. The van der Waals surface area contributed by atoms with E-state index >= 15 is 0 Å². The third kappa shape index (κ3) is 4.13. The van der Waals surface area contributed by atoms with E-state index in [9.17, 15) is 4.79 Å². The normalized spacial score (nSPS) is 11.8. The van der Waals surface area contributed by atoms with Gasteiger partial charge in [0.25, 0.3) is 0 Å². The molecule has 1 atom stereocenters. The van der Waals surface area contributed by atoms with Crippen LogP contribution in [0.1, 0.15) is 31.9 Å². The van der Waals surface area contributed by atoms with Crippen molar-refractivity contribution in [3.63, 3.8) is 0 Å². The number of hydrogen-bond donors (Lipinski definition) is 1. The SMILES string of the molecule is CCNC(CC(=O)OCC)c1cccc(OC)c1OC. The zero-order valence-corrected chi connectivity index (χ0v) is 12.6. The summed E-state index contributed by atoms with van der Waals surface area (Å²) in [5.41, 5.74) is 0.891. The van der Waals surface area contributed by atoms with Crippen molar-refractivity contribution in [2.24, 2.45) is 0 Å². The minimum absolute atomic E-state index is 0.163. The molecule has 0 aliphatic rings. The third-order valence-corrected chi connectivity index (χ3v) is 2.94. The first kappa shape index (κ1) is 16.3. The van der Waals surface area contributed by atoms with E-state index in [1.54, 1.807) is 21.1 Å². The molecule has 20 heavy (non-hydrogen) atoms. The van der Waals surface area contributed by atoms with Crippen molar-refractivity contribution in [1.29, 1.82) is 0 Å². The fourth-order valence-corrected chi connectivity index (χ4v) is 2.11. The molecule has 0 spiro atoms. The molecule has 1 rings (SSSR count). The van der Waals surface area contributed by atoms with E-state index in [1.807, 2.05) is 25.1 Å². The average molecular weight is 281 g/mol. The van der Waals surface area contributed by atoms with Crippen molar-refractivity contribution in [3.05, 3.63) is 23.8 Å². The quantitative estimate of drug-likeness (QED) is 0.741. The Morgan fingerprint density at radius 3 is 2.55 bits per heavy atom. The van der Waals surface area contributed by atoms with E-state index < -0.39 is 0 Å². The van der Waals surface area contributed by atoms with Crippen LogP contribution in [0.5, 0.6) is 11.5 Å². The third-order valence-electron chi connectivity index (χ3n) is 2.94. The first-order valence-corrected chi connectivity index (χ1v) is 6.77. The maximum atomic E-state index is 11.7. The molecule has 0 heterocycles. The molecule has 0 fully saturated rings. The van der Waals surface area contributed by atoms with Crippen molar-refractivity contribution in [2.75, 3.05) is 27.4 Å². The fourth-order valence-electron chi connectivity index (χ4n) is 2.11. The summed E-state index contributed by atoms with van der Waals surface area (Å²) in [7, 11) is 3.18. The summed E-state index contributed by atoms with van der Waals surface area (Å²) in [6.45, 7) is 4.91. The first-order chi connectivity index (χ1) is 9.67. The Hall–Kier alpha value is -1.75. The summed E-state index contributed by atoms with van der Waals surface area (Å²) in [5, 5.41) is 3.28. The summed E-state index contributed by atoms with van der Waals surface area (Å²) >= 11 is 0. The number of carbonyl (C=O) groups is 1. The number of methoxy groups -OCH3 is 2. The van der Waals surface area contributed by atoms with Gasteiger partial charge in [-0.05, 0) is 19.5 Å². The van der Waals surface area contributed by atoms with Crippen LogP contribution in [0.15, 0.2) is 18.2 Å². The highest BCUT2D eigenvalue weighted by molar-refractivity contribution is 5.71. The van der Waals surface area contributed by atoms with Gasteiger partial charge in [-0.1, -0.05) is 19.1 Å². The van der Waals surface area contributed by atoms with Gasteiger partial charge in [-0.2, -0.15) is 0 Å². The Morgan fingerprint density at radius 1 is 1.25 bits per heavy atom. The average Bonchev–Trinajstić information content (AvgIpc) is 2.46. The van der Waals surface area contributed by atoms with Crippen LogP contribution < -0.4 is 14.8 Å². The molecular formula is C15H23NO4. The fraction of sp³-hybridized carbons (Fsp3) is 0.533. The molecule has 0 aliphatic carbocycles. The lowest BCUT2D eigenvalue weighted by Crippen LogP contribution is -2.25. The van der Waals surface area contributed by atoms with Crippen LogP contribution in [0.2, 0.25) is 0 Å². The van der Waals surface area contributed by atoms with Gasteiger partial charge in [-0.25, -0.2) is 0 Å². The number of nitrogens with one attached hydrogen (secondary N) is 1. The van der Waals surface area contributed by atoms with Gasteiger partial charge in [-0.15, -0.1) is 0 Å². The van der Waals surface area contributed by atoms with Crippen molar-refractivity contribution in [3.8, 4) is 11.5 Å². The molecule has 5 heteroatoms. The highest BCUT2D eigenvalue weighted by Gasteiger charge is 2.21. The number of para-hydroxylation sites is 1.